The summed E-state index contributed by atoms with van der Waals surface area (Å²) in [5.74, 6) is 0. The first-order chi connectivity index (χ1) is 8.70. The first-order valence-corrected chi connectivity index (χ1v) is 5.94. The number of likely N-dealkylation sites (tertiary alicyclic amines) is 1. The second kappa shape index (κ2) is 5.84. The highest BCUT2D eigenvalue weighted by molar-refractivity contribution is 5.68. The van der Waals surface area contributed by atoms with Gasteiger partial charge < -0.3 is 20.1 Å². The zero-order chi connectivity index (χ0) is 13.0. The highest BCUT2D eigenvalue weighted by Crippen LogP contribution is 2.13. The van der Waals surface area contributed by atoms with E-state index in [1.165, 1.54) is 0 Å². The third kappa shape index (κ3) is 3.00. The molecule has 98 valence electrons. The van der Waals surface area contributed by atoms with E-state index in [0.29, 0.717) is 13.1 Å². The molecule has 1 aromatic carbocycles. The Morgan fingerprint density at radius 1 is 1.39 bits per heavy atom. The van der Waals surface area contributed by atoms with Gasteiger partial charge in [0, 0.05) is 13.7 Å². The number of methoxy groups -OCH3 is 1. The number of carbonyl (C=O) groups is 1. The van der Waals surface area contributed by atoms with Gasteiger partial charge in [0.15, 0.2) is 0 Å². The van der Waals surface area contributed by atoms with Crippen molar-refractivity contribution in [1.82, 2.24) is 4.90 Å². The molecule has 0 radical (unpaired) electrons. The van der Waals surface area contributed by atoms with E-state index in [1.807, 2.05) is 30.3 Å². The van der Waals surface area contributed by atoms with E-state index in [-0.39, 0.29) is 24.8 Å². The summed E-state index contributed by atoms with van der Waals surface area (Å²) in [4.78, 5) is 13.4. The molecule has 5 nitrogen and oxygen atoms in total. The molecule has 0 spiro atoms. The number of hydrogen-bond acceptors (Lipinski definition) is 4. The smallest absolute Gasteiger partial charge is 0.410 e. The van der Waals surface area contributed by atoms with Crippen LogP contribution < -0.4 is 5.73 Å². The lowest BCUT2D eigenvalue weighted by Gasteiger charge is -2.15. The minimum absolute atomic E-state index is 0.103. The zero-order valence-electron chi connectivity index (χ0n) is 10.4. The summed E-state index contributed by atoms with van der Waals surface area (Å²) < 4.78 is 10.4. The van der Waals surface area contributed by atoms with E-state index in [2.05, 4.69) is 0 Å². The number of hydrogen-bond donors (Lipinski definition) is 1. The summed E-state index contributed by atoms with van der Waals surface area (Å²) in [6.07, 6.45) is -0.442. The summed E-state index contributed by atoms with van der Waals surface area (Å²) in [5.41, 5.74) is 6.82. The second-order valence-corrected chi connectivity index (χ2v) is 4.38. The molecule has 2 N–H and O–H groups in total. The van der Waals surface area contributed by atoms with Crippen LogP contribution in [-0.2, 0) is 16.1 Å². The Bertz CT molecular complexity index is 396. The molecule has 2 rings (SSSR count). The fourth-order valence-electron chi connectivity index (χ4n) is 2.01. The van der Waals surface area contributed by atoms with Gasteiger partial charge in [0.2, 0.25) is 0 Å². The number of nitrogens with zero attached hydrogens (tertiary/aromatic N) is 1. The van der Waals surface area contributed by atoms with Crippen molar-refractivity contribution in [2.45, 2.75) is 18.8 Å². The van der Waals surface area contributed by atoms with Crippen LogP contribution in [0.3, 0.4) is 0 Å². The standard InChI is InChI=1S/C13H18N2O3/c1-17-12-8-15(7-11(12)14)13(16)18-9-10-5-3-2-4-6-10/h2-6,11-12H,7-9,14H2,1H3/t11-,12-/m1/s1. The first kappa shape index (κ1) is 12.9. The van der Waals surface area contributed by atoms with Gasteiger partial charge in [-0.05, 0) is 5.56 Å². The average Bonchev–Trinajstić information content (AvgIpc) is 2.78. The molecule has 0 aliphatic carbocycles. The quantitative estimate of drug-likeness (QED) is 0.868. The molecule has 5 heteroatoms. The van der Waals surface area contributed by atoms with Gasteiger partial charge in [-0.2, -0.15) is 0 Å². The van der Waals surface area contributed by atoms with Crippen LogP contribution in [0.5, 0.6) is 0 Å². The van der Waals surface area contributed by atoms with Gasteiger partial charge in [-0.15, -0.1) is 0 Å². The number of amides is 1. The number of nitrogens with two attached hydrogens (primary N) is 1. The predicted octanol–water partition coefficient (Wildman–Crippen LogP) is 0.981. The van der Waals surface area contributed by atoms with Gasteiger partial charge in [0.05, 0.1) is 18.7 Å². The molecular formula is C13H18N2O3. The van der Waals surface area contributed by atoms with Gasteiger partial charge in [0.1, 0.15) is 6.61 Å². The SMILES string of the molecule is CO[C@@H]1CN(C(=O)OCc2ccccc2)C[C@H]1N. The zero-order valence-corrected chi connectivity index (χ0v) is 10.4. The maximum Gasteiger partial charge on any atom is 0.410 e. The molecule has 1 aliphatic rings. The van der Waals surface area contributed by atoms with Gasteiger partial charge >= 0.3 is 6.09 Å². The van der Waals surface area contributed by atoms with Crippen molar-refractivity contribution in [3.63, 3.8) is 0 Å². The third-order valence-electron chi connectivity index (χ3n) is 3.08. The minimum atomic E-state index is -0.339. The summed E-state index contributed by atoms with van der Waals surface area (Å²) >= 11 is 0. The maximum absolute atomic E-state index is 11.8. The van der Waals surface area contributed by atoms with Gasteiger partial charge in [-0.1, -0.05) is 30.3 Å². The van der Waals surface area contributed by atoms with E-state index in [9.17, 15) is 4.79 Å². The minimum Gasteiger partial charge on any atom is -0.445 e. The van der Waals surface area contributed by atoms with E-state index in [4.69, 9.17) is 15.2 Å². The van der Waals surface area contributed by atoms with Crippen molar-refractivity contribution >= 4 is 6.09 Å². The second-order valence-electron chi connectivity index (χ2n) is 4.38. The predicted molar refractivity (Wildman–Crippen MR) is 67.0 cm³/mol. The topological polar surface area (TPSA) is 64.8 Å². The van der Waals surface area contributed by atoms with Gasteiger partial charge in [0.25, 0.3) is 0 Å². The first-order valence-electron chi connectivity index (χ1n) is 5.94. The molecule has 1 aromatic rings. The Balaban J connectivity index is 1.82. The van der Waals surface area contributed by atoms with Crippen LogP contribution in [-0.4, -0.2) is 43.3 Å². The highest BCUT2D eigenvalue weighted by atomic mass is 16.6. The molecule has 0 bridgehead atoms. The summed E-state index contributed by atoms with van der Waals surface area (Å²) in [6, 6.07) is 9.45. The molecule has 0 saturated carbocycles. The molecule has 1 fully saturated rings. The maximum atomic E-state index is 11.8. The van der Waals surface area contributed by atoms with E-state index in [0.717, 1.165) is 5.56 Å². The number of ether oxygens (including phenoxy) is 2. The summed E-state index contributed by atoms with van der Waals surface area (Å²) in [5, 5.41) is 0. The summed E-state index contributed by atoms with van der Waals surface area (Å²) in [6.45, 7) is 1.25. The largest absolute Gasteiger partial charge is 0.445 e. The Morgan fingerprint density at radius 3 is 2.72 bits per heavy atom. The Labute approximate surface area is 106 Å². The highest BCUT2D eigenvalue weighted by Gasteiger charge is 2.33. The van der Waals surface area contributed by atoms with Crippen LogP contribution in [0.4, 0.5) is 4.79 Å². The lowest BCUT2D eigenvalue weighted by molar-refractivity contribution is 0.0820. The molecule has 1 amide bonds. The molecule has 0 unspecified atom stereocenters. The van der Waals surface area contributed by atoms with Crippen LogP contribution in [0.15, 0.2) is 30.3 Å². The molecule has 1 aliphatic heterocycles. The Hall–Kier alpha value is -1.59. The van der Waals surface area contributed by atoms with Crippen LogP contribution in [0.1, 0.15) is 5.56 Å². The van der Waals surface area contributed by atoms with E-state index in [1.54, 1.807) is 12.0 Å². The average molecular weight is 250 g/mol. The Morgan fingerprint density at radius 2 is 2.11 bits per heavy atom. The molecule has 2 atom stereocenters. The van der Waals surface area contributed by atoms with Crippen LogP contribution in [0.2, 0.25) is 0 Å². The number of benzene rings is 1. The van der Waals surface area contributed by atoms with Crippen molar-refractivity contribution in [3.8, 4) is 0 Å². The molecule has 1 saturated heterocycles. The fraction of sp³-hybridized carbons (Fsp3) is 0.462. The normalized spacial score (nSPS) is 23.1. The number of rotatable bonds is 3. The van der Waals surface area contributed by atoms with Crippen LogP contribution in [0, 0.1) is 0 Å². The number of carbonyl (C=O) groups excluding carboxylic acids is 1. The van der Waals surface area contributed by atoms with Crippen molar-refractivity contribution in [1.29, 1.82) is 0 Å². The van der Waals surface area contributed by atoms with E-state index >= 15 is 0 Å². The molecule has 0 aromatic heterocycles. The van der Waals surface area contributed by atoms with Crippen molar-refractivity contribution in [2.75, 3.05) is 20.2 Å². The van der Waals surface area contributed by atoms with Crippen LogP contribution in [0.25, 0.3) is 0 Å². The molecule has 1 heterocycles. The lowest BCUT2D eigenvalue weighted by atomic mass is 10.2. The van der Waals surface area contributed by atoms with Crippen molar-refractivity contribution in [2.24, 2.45) is 5.73 Å². The monoisotopic (exact) mass is 250 g/mol. The van der Waals surface area contributed by atoms with Crippen molar-refractivity contribution in [3.05, 3.63) is 35.9 Å². The van der Waals surface area contributed by atoms with Crippen molar-refractivity contribution < 1.29 is 14.3 Å². The molecule has 18 heavy (non-hydrogen) atoms. The summed E-state index contributed by atoms with van der Waals surface area (Å²) in [7, 11) is 1.60. The lowest BCUT2D eigenvalue weighted by Crippen LogP contribution is -2.34. The van der Waals surface area contributed by atoms with Gasteiger partial charge in [-0.25, -0.2) is 4.79 Å². The van der Waals surface area contributed by atoms with E-state index < -0.39 is 0 Å². The fourth-order valence-corrected chi connectivity index (χ4v) is 2.01. The third-order valence-corrected chi connectivity index (χ3v) is 3.08. The molecular weight excluding hydrogens is 232 g/mol. The van der Waals surface area contributed by atoms with Crippen LogP contribution >= 0.6 is 0 Å². The Kier molecular flexibility index (Phi) is 4.17. The van der Waals surface area contributed by atoms with Gasteiger partial charge in [-0.3, -0.25) is 0 Å².